The summed E-state index contributed by atoms with van der Waals surface area (Å²) in [5.41, 5.74) is 1.07. The van der Waals surface area contributed by atoms with Crippen molar-refractivity contribution >= 4 is 5.96 Å². The Hall–Kier alpha value is -1.75. The van der Waals surface area contributed by atoms with Gasteiger partial charge in [-0.3, -0.25) is 0 Å². The van der Waals surface area contributed by atoms with E-state index in [1.807, 2.05) is 12.1 Å². The number of aliphatic imine (C=N–C) groups is 1. The maximum Gasteiger partial charge on any atom is 0.191 e. The van der Waals surface area contributed by atoms with Gasteiger partial charge in [0.1, 0.15) is 5.75 Å². The SMILES string of the molecule is CCNC(=NCc1ccc(O)cc1)NCCCOCC1CC1. The van der Waals surface area contributed by atoms with E-state index in [-0.39, 0.29) is 5.75 Å². The standard InChI is InChI=1S/C17H27N3O2/c1-2-18-17(19-10-3-11-22-13-15-4-5-15)20-12-14-6-8-16(21)9-7-14/h6-9,15,21H,2-5,10-13H2,1H3,(H2,18,19,20). The third-order valence-electron chi connectivity index (χ3n) is 3.51. The molecule has 2 rings (SSSR count). The van der Waals surface area contributed by atoms with Crippen LogP contribution in [0.5, 0.6) is 5.75 Å². The lowest BCUT2D eigenvalue weighted by Crippen LogP contribution is -2.38. The lowest BCUT2D eigenvalue weighted by Gasteiger charge is -2.11. The predicted octanol–water partition coefficient (Wildman–Crippen LogP) is 2.26. The molecule has 0 heterocycles. The van der Waals surface area contributed by atoms with Gasteiger partial charge in [-0.05, 0) is 49.8 Å². The molecule has 122 valence electrons. The molecule has 1 fully saturated rings. The Morgan fingerprint density at radius 3 is 2.73 bits per heavy atom. The Balaban J connectivity index is 1.65. The molecule has 22 heavy (non-hydrogen) atoms. The molecule has 0 radical (unpaired) electrons. The van der Waals surface area contributed by atoms with E-state index < -0.39 is 0 Å². The van der Waals surface area contributed by atoms with E-state index in [1.54, 1.807) is 12.1 Å². The van der Waals surface area contributed by atoms with Crippen LogP contribution in [0.25, 0.3) is 0 Å². The van der Waals surface area contributed by atoms with E-state index in [9.17, 15) is 5.11 Å². The zero-order chi connectivity index (χ0) is 15.6. The molecule has 1 aliphatic carbocycles. The molecule has 0 aromatic heterocycles. The summed E-state index contributed by atoms with van der Waals surface area (Å²) in [7, 11) is 0. The lowest BCUT2D eigenvalue weighted by atomic mass is 10.2. The average Bonchev–Trinajstić information content (AvgIpc) is 3.34. The molecule has 0 spiro atoms. The minimum atomic E-state index is 0.281. The van der Waals surface area contributed by atoms with Crippen LogP contribution >= 0.6 is 0 Å². The number of phenolic OH excluding ortho intramolecular Hbond substituents is 1. The van der Waals surface area contributed by atoms with Gasteiger partial charge in [-0.25, -0.2) is 4.99 Å². The molecule has 3 N–H and O–H groups in total. The molecule has 1 saturated carbocycles. The zero-order valence-electron chi connectivity index (χ0n) is 13.3. The molecule has 0 aliphatic heterocycles. The first kappa shape index (κ1) is 16.6. The van der Waals surface area contributed by atoms with Gasteiger partial charge in [0.2, 0.25) is 0 Å². The first-order chi connectivity index (χ1) is 10.8. The van der Waals surface area contributed by atoms with Crippen LogP contribution < -0.4 is 10.6 Å². The number of guanidine groups is 1. The second kappa shape index (κ2) is 9.30. The van der Waals surface area contributed by atoms with E-state index in [2.05, 4.69) is 22.5 Å². The van der Waals surface area contributed by atoms with Crippen molar-refractivity contribution < 1.29 is 9.84 Å². The van der Waals surface area contributed by atoms with Crippen molar-refractivity contribution in [3.63, 3.8) is 0 Å². The Bertz CT molecular complexity index is 455. The minimum Gasteiger partial charge on any atom is -0.508 e. The molecular weight excluding hydrogens is 278 g/mol. The maximum absolute atomic E-state index is 9.27. The molecule has 1 aliphatic rings. The van der Waals surface area contributed by atoms with E-state index in [0.717, 1.165) is 50.2 Å². The highest BCUT2D eigenvalue weighted by atomic mass is 16.5. The molecule has 0 saturated heterocycles. The fourth-order valence-corrected chi connectivity index (χ4v) is 2.03. The summed E-state index contributed by atoms with van der Waals surface area (Å²) in [6, 6.07) is 7.13. The number of ether oxygens (including phenoxy) is 1. The number of hydrogen-bond acceptors (Lipinski definition) is 3. The predicted molar refractivity (Wildman–Crippen MR) is 89.1 cm³/mol. The van der Waals surface area contributed by atoms with Gasteiger partial charge in [0.15, 0.2) is 5.96 Å². The number of benzene rings is 1. The molecule has 5 heteroatoms. The van der Waals surface area contributed by atoms with Crippen molar-refractivity contribution in [2.45, 2.75) is 32.7 Å². The molecule has 5 nitrogen and oxygen atoms in total. The number of hydrogen-bond donors (Lipinski definition) is 3. The van der Waals surface area contributed by atoms with Crippen molar-refractivity contribution in [3.8, 4) is 5.75 Å². The fourth-order valence-electron chi connectivity index (χ4n) is 2.03. The van der Waals surface area contributed by atoms with Crippen LogP contribution in [0.1, 0.15) is 31.7 Å². The van der Waals surface area contributed by atoms with Crippen LogP contribution in [0.2, 0.25) is 0 Å². The van der Waals surface area contributed by atoms with Gasteiger partial charge in [-0.2, -0.15) is 0 Å². The highest BCUT2D eigenvalue weighted by Gasteiger charge is 2.20. The Morgan fingerprint density at radius 1 is 1.27 bits per heavy atom. The number of nitrogens with one attached hydrogen (secondary N) is 2. The number of rotatable bonds is 9. The van der Waals surface area contributed by atoms with Crippen molar-refractivity contribution in [2.75, 3.05) is 26.3 Å². The zero-order valence-corrected chi connectivity index (χ0v) is 13.3. The molecular formula is C17H27N3O2. The molecule has 0 unspecified atom stereocenters. The van der Waals surface area contributed by atoms with Crippen molar-refractivity contribution in [1.82, 2.24) is 10.6 Å². The third-order valence-corrected chi connectivity index (χ3v) is 3.51. The summed E-state index contributed by atoms with van der Waals surface area (Å²) >= 11 is 0. The van der Waals surface area contributed by atoms with Gasteiger partial charge in [-0.15, -0.1) is 0 Å². The summed E-state index contributed by atoms with van der Waals surface area (Å²) in [4.78, 5) is 4.54. The average molecular weight is 305 g/mol. The topological polar surface area (TPSA) is 65.9 Å². The van der Waals surface area contributed by atoms with Gasteiger partial charge in [0.25, 0.3) is 0 Å². The van der Waals surface area contributed by atoms with Crippen LogP contribution in [-0.2, 0) is 11.3 Å². The van der Waals surface area contributed by atoms with Crippen LogP contribution in [0.15, 0.2) is 29.3 Å². The minimum absolute atomic E-state index is 0.281. The monoisotopic (exact) mass is 305 g/mol. The van der Waals surface area contributed by atoms with Crippen LogP contribution in [0.3, 0.4) is 0 Å². The summed E-state index contributed by atoms with van der Waals surface area (Å²) in [6.07, 6.45) is 3.66. The van der Waals surface area contributed by atoms with Crippen LogP contribution in [0.4, 0.5) is 0 Å². The first-order valence-corrected chi connectivity index (χ1v) is 8.15. The largest absolute Gasteiger partial charge is 0.508 e. The van der Waals surface area contributed by atoms with E-state index in [4.69, 9.17) is 4.74 Å². The van der Waals surface area contributed by atoms with E-state index in [1.165, 1.54) is 12.8 Å². The summed E-state index contributed by atoms with van der Waals surface area (Å²) in [5, 5.41) is 15.8. The van der Waals surface area contributed by atoms with Crippen molar-refractivity contribution in [1.29, 1.82) is 0 Å². The van der Waals surface area contributed by atoms with Crippen molar-refractivity contribution in [2.24, 2.45) is 10.9 Å². The summed E-state index contributed by atoms with van der Waals surface area (Å²) in [6.45, 7) is 6.06. The van der Waals surface area contributed by atoms with Gasteiger partial charge in [-0.1, -0.05) is 12.1 Å². The van der Waals surface area contributed by atoms with Gasteiger partial charge >= 0.3 is 0 Å². The highest BCUT2D eigenvalue weighted by Crippen LogP contribution is 2.28. The number of nitrogens with zero attached hydrogens (tertiary/aromatic N) is 1. The third kappa shape index (κ3) is 6.80. The Kier molecular flexibility index (Phi) is 7.03. The van der Waals surface area contributed by atoms with Gasteiger partial charge in [0.05, 0.1) is 6.54 Å². The lowest BCUT2D eigenvalue weighted by molar-refractivity contribution is 0.123. The number of aromatic hydroxyl groups is 1. The normalized spacial score (nSPS) is 14.9. The Labute approximate surface area is 132 Å². The van der Waals surface area contributed by atoms with Gasteiger partial charge in [0, 0.05) is 26.3 Å². The quantitative estimate of drug-likeness (QED) is 0.372. The summed E-state index contributed by atoms with van der Waals surface area (Å²) in [5.74, 6) is 1.93. The summed E-state index contributed by atoms with van der Waals surface area (Å²) < 4.78 is 5.62. The fraction of sp³-hybridized carbons (Fsp3) is 0.588. The second-order valence-corrected chi connectivity index (χ2v) is 5.66. The van der Waals surface area contributed by atoms with Crippen molar-refractivity contribution in [3.05, 3.63) is 29.8 Å². The van der Waals surface area contributed by atoms with Crippen LogP contribution in [0, 0.1) is 5.92 Å². The maximum atomic E-state index is 9.27. The Morgan fingerprint density at radius 2 is 2.05 bits per heavy atom. The highest BCUT2D eigenvalue weighted by molar-refractivity contribution is 5.79. The molecule has 1 aromatic rings. The van der Waals surface area contributed by atoms with Crippen LogP contribution in [-0.4, -0.2) is 37.4 Å². The van der Waals surface area contributed by atoms with Gasteiger partial charge < -0.3 is 20.5 Å². The molecule has 0 atom stereocenters. The second-order valence-electron chi connectivity index (χ2n) is 5.66. The van der Waals surface area contributed by atoms with E-state index >= 15 is 0 Å². The molecule has 0 amide bonds. The smallest absolute Gasteiger partial charge is 0.191 e. The van der Waals surface area contributed by atoms with E-state index in [0.29, 0.717) is 6.54 Å². The number of phenols is 1. The molecule has 1 aromatic carbocycles. The molecule has 0 bridgehead atoms. The first-order valence-electron chi connectivity index (χ1n) is 8.15.